The van der Waals surface area contributed by atoms with E-state index in [1.807, 2.05) is 0 Å². The summed E-state index contributed by atoms with van der Waals surface area (Å²) in [7, 11) is -3.10. The number of carbonyl (C=O) groups excluding carboxylic acids is 1. The molecule has 0 aromatic carbocycles. The van der Waals surface area contributed by atoms with Crippen LogP contribution in [0.15, 0.2) is 11.5 Å². The number of carbonyl (C=O) groups is 1. The van der Waals surface area contributed by atoms with E-state index in [-0.39, 0.29) is 23.9 Å². The van der Waals surface area contributed by atoms with Crippen molar-refractivity contribution in [2.75, 3.05) is 5.75 Å². The highest BCUT2D eigenvalue weighted by Gasteiger charge is 2.24. The molecule has 0 saturated heterocycles. The van der Waals surface area contributed by atoms with Gasteiger partial charge in [-0.15, -0.1) is 0 Å². The molecule has 96 valence electrons. The van der Waals surface area contributed by atoms with Crippen LogP contribution in [0.25, 0.3) is 0 Å². The van der Waals surface area contributed by atoms with E-state index in [1.54, 1.807) is 0 Å². The van der Waals surface area contributed by atoms with Gasteiger partial charge in [0.2, 0.25) is 0 Å². The van der Waals surface area contributed by atoms with E-state index in [2.05, 4.69) is 10.6 Å². The fourth-order valence-electron chi connectivity index (χ4n) is 2.31. The summed E-state index contributed by atoms with van der Waals surface area (Å²) in [6, 6.07) is -0.405. The van der Waals surface area contributed by atoms with Crippen LogP contribution < -0.4 is 10.6 Å². The van der Waals surface area contributed by atoms with Crippen molar-refractivity contribution >= 4 is 15.9 Å². The molecule has 2 amide bonds. The van der Waals surface area contributed by atoms with Gasteiger partial charge in [0.05, 0.1) is 11.8 Å². The zero-order chi connectivity index (χ0) is 12.3. The molecule has 2 rings (SSSR count). The third-order valence-corrected chi connectivity index (χ3v) is 4.58. The monoisotopic (exact) mass is 258 g/mol. The lowest BCUT2D eigenvalue weighted by Crippen LogP contribution is -2.47. The summed E-state index contributed by atoms with van der Waals surface area (Å²) < 4.78 is 22.3. The fourth-order valence-corrected chi connectivity index (χ4v) is 3.54. The lowest BCUT2D eigenvalue weighted by atomic mass is 9.96. The standard InChI is InChI=1S/C11H18N2O3S/c14-11(12-9-4-2-1-3-5-9)13-10-6-7-17(15,16)8-10/h6-7,9-10H,1-5,8H2,(H2,12,13,14). The summed E-state index contributed by atoms with van der Waals surface area (Å²) in [5, 5.41) is 6.73. The first-order chi connectivity index (χ1) is 8.05. The van der Waals surface area contributed by atoms with Gasteiger partial charge in [0, 0.05) is 11.4 Å². The summed E-state index contributed by atoms with van der Waals surface area (Å²) in [5.41, 5.74) is 0. The maximum atomic E-state index is 11.6. The minimum absolute atomic E-state index is 0.0227. The van der Waals surface area contributed by atoms with Crippen LogP contribution in [0.2, 0.25) is 0 Å². The Kier molecular flexibility index (Phi) is 3.71. The Labute approximate surface area is 102 Å². The van der Waals surface area contributed by atoms with Gasteiger partial charge in [-0.1, -0.05) is 19.3 Å². The van der Waals surface area contributed by atoms with E-state index in [0.29, 0.717) is 0 Å². The molecule has 6 heteroatoms. The van der Waals surface area contributed by atoms with Crippen LogP contribution in [0, 0.1) is 0 Å². The number of amides is 2. The third kappa shape index (κ3) is 3.73. The Morgan fingerprint density at radius 3 is 2.41 bits per heavy atom. The zero-order valence-electron chi connectivity index (χ0n) is 9.69. The first kappa shape index (κ1) is 12.4. The van der Waals surface area contributed by atoms with E-state index in [0.717, 1.165) is 25.7 Å². The van der Waals surface area contributed by atoms with Gasteiger partial charge >= 0.3 is 6.03 Å². The Bertz CT molecular complexity index is 410. The van der Waals surface area contributed by atoms with Crippen molar-refractivity contribution in [3.05, 3.63) is 11.5 Å². The zero-order valence-corrected chi connectivity index (χ0v) is 10.5. The number of rotatable bonds is 2. The van der Waals surface area contributed by atoms with E-state index in [4.69, 9.17) is 0 Å². The number of hydrogen-bond acceptors (Lipinski definition) is 3. The van der Waals surface area contributed by atoms with Crippen molar-refractivity contribution in [1.29, 1.82) is 0 Å². The molecule has 5 nitrogen and oxygen atoms in total. The molecule has 0 aromatic heterocycles. The van der Waals surface area contributed by atoms with Crippen LogP contribution in [-0.2, 0) is 9.84 Å². The van der Waals surface area contributed by atoms with E-state index < -0.39 is 9.84 Å². The molecule has 2 aliphatic rings. The van der Waals surface area contributed by atoms with Gasteiger partial charge in [-0.05, 0) is 18.9 Å². The summed E-state index contributed by atoms with van der Waals surface area (Å²) in [4.78, 5) is 11.6. The average molecular weight is 258 g/mol. The summed E-state index contributed by atoms with van der Waals surface area (Å²) >= 11 is 0. The Morgan fingerprint density at radius 1 is 1.12 bits per heavy atom. The van der Waals surface area contributed by atoms with Crippen molar-refractivity contribution < 1.29 is 13.2 Å². The van der Waals surface area contributed by atoms with Gasteiger partial charge < -0.3 is 10.6 Å². The van der Waals surface area contributed by atoms with Crippen molar-refractivity contribution in [3.8, 4) is 0 Å². The number of hydrogen-bond donors (Lipinski definition) is 2. The van der Waals surface area contributed by atoms with Gasteiger partial charge in [0.15, 0.2) is 9.84 Å². The molecule has 1 saturated carbocycles. The second-order valence-corrected chi connectivity index (χ2v) is 6.65. The Hall–Kier alpha value is -1.04. The third-order valence-electron chi connectivity index (χ3n) is 3.19. The molecule has 2 N–H and O–H groups in total. The summed E-state index contributed by atoms with van der Waals surface area (Å²) in [5.74, 6) is -0.0227. The molecule has 1 aliphatic carbocycles. The molecule has 1 unspecified atom stereocenters. The molecule has 0 spiro atoms. The average Bonchev–Trinajstić information content (AvgIpc) is 2.59. The fraction of sp³-hybridized carbons (Fsp3) is 0.727. The van der Waals surface area contributed by atoms with E-state index >= 15 is 0 Å². The van der Waals surface area contributed by atoms with Crippen LogP contribution in [0.5, 0.6) is 0 Å². The van der Waals surface area contributed by atoms with Crippen molar-refractivity contribution in [3.63, 3.8) is 0 Å². The van der Waals surface area contributed by atoms with Crippen LogP contribution in [0.1, 0.15) is 32.1 Å². The van der Waals surface area contributed by atoms with Crippen LogP contribution in [0.3, 0.4) is 0 Å². The highest BCUT2D eigenvalue weighted by molar-refractivity contribution is 7.94. The number of sulfone groups is 1. The molecule has 0 aromatic rings. The molecule has 0 radical (unpaired) electrons. The minimum Gasteiger partial charge on any atom is -0.335 e. The second-order valence-electron chi connectivity index (χ2n) is 4.72. The molecule has 17 heavy (non-hydrogen) atoms. The van der Waals surface area contributed by atoms with Crippen molar-refractivity contribution in [1.82, 2.24) is 10.6 Å². The van der Waals surface area contributed by atoms with E-state index in [9.17, 15) is 13.2 Å². The first-order valence-electron chi connectivity index (χ1n) is 6.03. The van der Waals surface area contributed by atoms with Crippen LogP contribution in [0.4, 0.5) is 4.79 Å². The van der Waals surface area contributed by atoms with Crippen LogP contribution in [-0.4, -0.2) is 32.3 Å². The molecular weight excluding hydrogens is 240 g/mol. The number of urea groups is 1. The second kappa shape index (κ2) is 5.08. The number of nitrogens with one attached hydrogen (secondary N) is 2. The lowest BCUT2D eigenvalue weighted by Gasteiger charge is -2.23. The SMILES string of the molecule is O=C(NC1C=CS(=O)(=O)C1)NC1CCCCC1. The summed E-state index contributed by atoms with van der Waals surface area (Å²) in [6.07, 6.45) is 7.11. The molecule has 1 heterocycles. The maximum Gasteiger partial charge on any atom is 0.315 e. The van der Waals surface area contributed by atoms with Gasteiger partial charge in [-0.3, -0.25) is 0 Å². The lowest BCUT2D eigenvalue weighted by molar-refractivity contribution is 0.231. The largest absolute Gasteiger partial charge is 0.335 e. The maximum absolute atomic E-state index is 11.6. The molecule has 1 fully saturated rings. The predicted molar refractivity (Wildman–Crippen MR) is 65.3 cm³/mol. The summed E-state index contributed by atoms with van der Waals surface area (Å²) in [6.45, 7) is 0. The van der Waals surface area contributed by atoms with Crippen molar-refractivity contribution in [2.45, 2.75) is 44.2 Å². The highest BCUT2D eigenvalue weighted by atomic mass is 32.2. The smallest absolute Gasteiger partial charge is 0.315 e. The van der Waals surface area contributed by atoms with Crippen LogP contribution >= 0.6 is 0 Å². The molecule has 1 atom stereocenters. The van der Waals surface area contributed by atoms with Gasteiger partial charge in [-0.25, -0.2) is 13.2 Å². The topological polar surface area (TPSA) is 75.3 Å². The van der Waals surface area contributed by atoms with Crippen molar-refractivity contribution in [2.24, 2.45) is 0 Å². The Balaban J connectivity index is 1.76. The van der Waals surface area contributed by atoms with E-state index in [1.165, 1.54) is 17.9 Å². The first-order valence-corrected chi connectivity index (χ1v) is 7.75. The molecule has 0 bridgehead atoms. The Morgan fingerprint density at radius 2 is 1.82 bits per heavy atom. The van der Waals surface area contributed by atoms with Gasteiger partial charge in [0.1, 0.15) is 0 Å². The predicted octanol–water partition coefficient (Wildman–Crippen LogP) is 0.929. The normalized spacial score (nSPS) is 27.9. The minimum atomic E-state index is -3.10. The quantitative estimate of drug-likeness (QED) is 0.773. The molecular formula is C11H18N2O3S. The molecule has 1 aliphatic heterocycles. The highest BCUT2D eigenvalue weighted by Crippen LogP contribution is 2.17. The van der Waals surface area contributed by atoms with Gasteiger partial charge in [-0.2, -0.15) is 0 Å². The van der Waals surface area contributed by atoms with Gasteiger partial charge in [0.25, 0.3) is 0 Å².